The van der Waals surface area contributed by atoms with Gasteiger partial charge in [0.25, 0.3) is 5.56 Å². The molecule has 0 radical (unpaired) electrons. The van der Waals surface area contributed by atoms with E-state index in [2.05, 4.69) is 9.88 Å². The molecule has 0 aromatic carbocycles. The summed E-state index contributed by atoms with van der Waals surface area (Å²) in [5, 5.41) is 0. The molecule has 1 aromatic rings. The van der Waals surface area contributed by atoms with Crippen molar-refractivity contribution in [3.63, 3.8) is 0 Å². The zero-order chi connectivity index (χ0) is 14.2. The maximum Gasteiger partial charge on any atom is 0.254 e. The van der Waals surface area contributed by atoms with Gasteiger partial charge in [-0.25, -0.2) is 4.98 Å². The van der Waals surface area contributed by atoms with E-state index in [9.17, 15) is 4.79 Å². The fourth-order valence-corrected chi connectivity index (χ4v) is 3.95. The molecule has 1 N–H and O–H groups in total. The largest absolute Gasteiger partial charge is 0.310 e. The average Bonchev–Trinajstić information content (AvgIpc) is 3.32. The number of fused-ring (bicyclic) bond motifs is 1. The summed E-state index contributed by atoms with van der Waals surface area (Å²) >= 11 is 0. The van der Waals surface area contributed by atoms with E-state index in [4.69, 9.17) is 4.98 Å². The van der Waals surface area contributed by atoms with Crippen molar-refractivity contribution >= 4 is 0 Å². The molecule has 1 aromatic heterocycles. The molecule has 0 spiro atoms. The van der Waals surface area contributed by atoms with Crippen molar-refractivity contribution in [1.82, 2.24) is 14.9 Å². The third kappa shape index (κ3) is 2.91. The summed E-state index contributed by atoms with van der Waals surface area (Å²) in [5.41, 5.74) is 2.13. The maximum atomic E-state index is 12.2. The number of nitrogens with one attached hydrogen (secondary N) is 1. The van der Waals surface area contributed by atoms with Crippen LogP contribution in [-0.4, -0.2) is 28.0 Å². The second-order valence-corrected chi connectivity index (χ2v) is 7.14. The quantitative estimate of drug-likeness (QED) is 0.929. The lowest BCUT2D eigenvalue weighted by molar-refractivity contribution is 0.184. The van der Waals surface area contributed by atoms with Gasteiger partial charge in [-0.2, -0.15) is 0 Å². The van der Waals surface area contributed by atoms with Gasteiger partial charge in [-0.3, -0.25) is 9.69 Å². The van der Waals surface area contributed by atoms with E-state index < -0.39 is 0 Å². The van der Waals surface area contributed by atoms with Crippen molar-refractivity contribution in [3.05, 3.63) is 27.4 Å². The molecule has 2 saturated carbocycles. The fourth-order valence-electron chi connectivity index (χ4n) is 3.95. The highest BCUT2D eigenvalue weighted by molar-refractivity contribution is 5.22. The van der Waals surface area contributed by atoms with Crippen LogP contribution in [-0.2, 0) is 13.0 Å². The second-order valence-electron chi connectivity index (χ2n) is 7.14. The minimum atomic E-state index is 0.124. The van der Waals surface area contributed by atoms with Gasteiger partial charge in [0, 0.05) is 31.1 Å². The molecule has 0 amide bonds. The summed E-state index contributed by atoms with van der Waals surface area (Å²) in [6, 6.07) is 0. The Bertz CT molecular complexity index is 570. The smallest absolute Gasteiger partial charge is 0.254 e. The highest BCUT2D eigenvalue weighted by Gasteiger charge is 2.29. The highest BCUT2D eigenvalue weighted by atomic mass is 16.1. The SMILES string of the molecule is O=c1[nH]c(C2CC2)nc2c1CCN(CC1CCCCC1)C2. The molecule has 2 fully saturated rings. The van der Waals surface area contributed by atoms with Crippen molar-refractivity contribution in [3.8, 4) is 0 Å². The lowest BCUT2D eigenvalue weighted by Crippen LogP contribution is -2.38. The molecule has 0 unspecified atom stereocenters. The zero-order valence-electron chi connectivity index (χ0n) is 12.7. The Hall–Kier alpha value is -1.16. The topological polar surface area (TPSA) is 49.0 Å². The molecule has 21 heavy (non-hydrogen) atoms. The molecule has 4 rings (SSSR count). The van der Waals surface area contributed by atoms with Crippen LogP contribution in [0.1, 0.15) is 67.9 Å². The van der Waals surface area contributed by atoms with Gasteiger partial charge in [0.05, 0.1) is 5.69 Å². The van der Waals surface area contributed by atoms with Gasteiger partial charge >= 0.3 is 0 Å². The first-order valence-corrected chi connectivity index (χ1v) is 8.64. The van der Waals surface area contributed by atoms with E-state index in [1.807, 2.05) is 0 Å². The zero-order valence-corrected chi connectivity index (χ0v) is 12.7. The van der Waals surface area contributed by atoms with Crippen molar-refractivity contribution in [2.24, 2.45) is 5.92 Å². The number of aromatic amines is 1. The third-order valence-electron chi connectivity index (χ3n) is 5.38. The third-order valence-corrected chi connectivity index (χ3v) is 5.38. The van der Waals surface area contributed by atoms with Crippen LogP contribution in [0.25, 0.3) is 0 Å². The van der Waals surface area contributed by atoms with Crippen molar-refractivity contribution in [2.45, 2.75) is 63.8 Å². The number of nitrogens with zero attached hydrogens (tertiary/aromatic N) is 2. The van der Waals surface area contributed by atoms with Gasteiger partial charge in [-0.05, 0) is 38.0 Å². The van der Waals surface area contributed by atoms with Crippen LogP contribution in [0, 0.1) is 5.92 Å². The molecule has 2 aliphatic carbocycles. The van der Waals surface area contributed by atoms with Crippen LogP contribution in [0.4, 0.5) is 0 Å². The van der Waals surface area contributed by atoms with Crippen LogP contribution in [0.15, 0.2) is 4.79 Å². The van der Waals surface area contributed by atoms with E-state index in [0.29, 0.717) is 5.92 Å². The molecular weight excluding hydrogens is 262 g/mol. The molecule has 2 heterocycles. The van der Waals surface area contributed by atoms with Gasteiger partial charge in [0.2, 0.25) is 0 Å². The van der Waals surface area contributed by atoms with Crippen LogP contribution >= 0.6 is 0 Å². The minimum Gasteiger partial charge on any atom is -0.310 e. The standard InChI is InChI=1S/C17H25N3O/c21-17-14-8-9-20(10-12-4-2-1-3-5-12)11-15(14)18-16(19-17)13-6-7-13/h12-13H,1-11H2,(H,18,19,21). The van der Waals surface area contributed by atoms with Crippen molar-refractivity contribution in [1.29, 1.82) is 0 Å². The van der Waals surface area contributed by atoms with E-state index in [0.717, 1.165) is 42.5 Å². The summed E-state index contributed by atoms with van der Waals surface area (Å²) in [4.78, 5) is 22.5. The molecule has 0 saturated heterocycles. The van der Waals surface area contributed by atoms with Crippen LogP contribution in [0.5, 0.6) is 0 Å². The van der Waals surface area contributed by atoms with Gasteiger partial charge in [0.15, 0.2) is 0 Å². The Morgan fingerprint density at radius 2 is 1.95 bits per heavy atom. The Balaban J connectivity index is 1.49. The minimum absolute atomic E-state index is 0.124. The average molecular weight is 287 g/mol. The van der Waals surface area contributed by atoms with Crippen molar-refractivity contribution in [2.75, 3.05) is 13.1 Å². The van der Waals surface area contributed by atoms with Crippen LogP contribution in [0.3, 0.4) is 0 Å². The van der Waals surface area contributed by atoms with Crippen molar-refractivity contribution < 1.29 is 0 Å². The van der Waals surface area contributed by atoms with Gasteiger partial charge in [0.1, 0.15) is 5.82 Å². The lowest BCUT2D eigenvalue weighted by Gasteiger charge is -2.32. The monoisotopic (exact) mass is 287 g/mol. The molecular formula is C17H25N3O. The van der Waals surface area contributed by atoms with Crippen LogP contribution in [0.2, 0.25) is 0 Å². The van der Waals surface area contributed by atoms with E-state index in [1.54, 1.807) is 0 Å². The predicted octanol–water partition coefficient (Wildman–Crippen LogP) is 2.59. The van der Waals surface area contributed by atoms with Gasteiger partial charge in [-0.15, -0.1) is 0 Å². The first kappa shape index (κ1) is 13.5. The highest BCUT2D eigenvalue weighted by Crippen LogP contribution is 2.38. The fraction of sp³-hybridized carbons (Fsp3) is 0.765. The van der Waals surface area contributed by atoms with Gasteiger partial charge < -0.3 is 4.98 Å². The summed E-state index contributed by atoms with van der Waals surface area (Å²) in [6.07, 6.45) is 10.2. The number of H-pyrrole nitrogens is 1. The first-order chi connectivity index (χ1) is 10.3. The van der Waals surface area contributed by atoms with Gasteiger partial charge in [-0.1, -0.05) is 19.3 Å². The first-order valence-electron chi connectivity index (χ1n) is 8.64. The van der Waals surface area contributed by atoms with E-state index >= 15 is 0 Å². The van der Waals surface area contributed by atoms with E-state index in [1.165, 1.54) is 51.5 Å². The summed E-state index contributed by atoms with van der Waals surface area (Å²) in [6.45, 7) is 3.11. The maximum absolute atomic E-state index is 12.2. The molecule has 3 aliphatic rings. The number of aromatic nitrogens is 2. The molecule has 114 valence electrons. The molecule has 1 aliphatic heterocycles. The Kier molecular flexibility index (Phi) is 3.57. The molecule has 4 nitrogen and oxygen atoms in total. The summed E-state index contributed by atoms with van der Waals surface area (Å²) in [7, 11) is 0. The second kappa shape index (κ2) is 5.56. The Morgan fingerprint density at radius 3 is 2.71 bits per heavy atom. The van der Waals surface area contributed by atoms with Crippen LogP contribution < -0.4 is 5.56 Å². The predicted molar refractivity (Wildman–Crippen MR) is 82.4 cm³/mol. The van der Waals surface area contributed by atoms with E-state index in [-0.39, 0.29) is 5.56 Å². The molecule has 0 bridgehead atoms. The number of rotatable bonds is 3. The molecule has 4 heteroatoms. The number of hydrogen-bond donors (Lipinski definition) is 1. The lowest BCUT2D eigenvalue weighted by atomic mass is 9.88. The normalized spacial score (nSPS) is 24.0. The summed E-state index contributed by atoms with van der Waals surface area (Å²) < 4.78 is 0. The Labute approximate surface area is 126 Å². The number of hydrogen-bond acceptors (Lipinski definition) is 3. The summed E-state index contributed by atoms with van der Waals surface area (Å²) in [5.74, 6) is 2.33. The Morgan fingerprint density at radius 1 is 1.14 bits per heavy atom. The molecule has 0 atom stereocenters.